The van der Waals surface area contributed by atoms with Crippen LogP contribution < -0.4 is 5.32 Å². The molecule has 3 nitrogen and oxygen atoms in total. The second-order valence-electron chi connectivity index (χ2n) is 4.31. The van der Waals surface area contributed by atoms with Crippen LogP contribution in [0.1, 0.15) is 11.3 Å². The number of fused-ring (bicyclic) bond motifs is 3. The Morgan fingerprint density at radius 3 is 3.12 bits per heavy atom. The van der Waals surface area contributed by atoms with Crippen molar-refractivity contribution in [2.75, 3.05) is 20.3 Å². The van der Waals surface area contributed by atoms with Gasteiger partial charge in [-0.05, 0) is 13.1 Å². The maximum atomic E-state index is 5.87. The summed E-state index contributed by atoms with van der Waals surface area (Å²) in [6.45, 7) is 3.01. The standard InChI is InChI=1S/C13H16N2O/c1-14-9-15-7-6-13-11(8-15)10-4-2-3-5-12(10)16-13/h2-5,14H,6-9H2,1H3. The molecule has 3 rings (SSSR count). The van der Waals surface area contributed by atoms with E-state index in [0.717, 1.165) is 31.8 Å². The fraction of sp³-hybridized carbons (Fsp3) is 0.385. The van der Waals surface area contributed by atoms with Gasteiger partial charge in [0.25, 0.3) is 0 Å². The molecule has 0 spiro atoms. The van der Waals surface area contributed by atoms with Crippen molar-refractivity contribution in [3.63, 3.8) is 0 Å². The SMILES string of the molecule is CNCN1CCc2oc3ccccc3c2C1. The minimum atomic E-state index is 0.943. The first-order chi connectivity index (χ1) is 7.88. The molecule has 0 unspecified atom stereocenters. The minimum absolute atomic E-state index is 0.943. The van der Waals surface area contributed by atoms with E-state index in [9.17, 15) is 0 Å². The van der Waals surface area contributed by atoms with Crippen LogP contribution >= 0.6 is 0 Å². The van der Waals surface area contributed by atoms with Crippen LogP contribution in [0.5, 0.6) is 0 Å². The summed E-state index contributed by atoms with van der Waals surface area (Å²) in [4.78, 5) is 2.41. The van der Waals surface area contributed by atoms with Gasteiger partial charge in [-0.15, -0.1) is 0 Å². The molecule has 16 heavy (non-hydrogen) atoms. The van der Waals surface area contributed by atoms with Gasteiger partial charge in [0.1, 0.15) is 11.3 Å². The van der Waals surface area contributed by atoms with Crippen LogP contribution in [0.15, 0.2) is 28.7 Å². The molecule has 1 aromatic heterocycles. The second-order valence-corrected chi connectivity index (χ2v) is 4.31. The number of nitrogens with one attached hydrogen (secondary N) is 1. The highest BCUT2D eigenvalue weighted by atomic mass is 16.3. The van der Waals surface area contributed by atoms with Gasteiger partial charge in [0, 0.05) is 37.1 Å². The fourth-order valence-corrected chi connectivity index (χ4v) is 2.45. The van der Waals surface area contributed by atoms with Gasteiger partial charge in [0.05, 0.1) is 0 Å². The highest BCUT2D eigenvalue weighted by molar-refractivity contribution is 5.82. The van der Waals surface area contributed by atoms with Crippen molar-refractivity contribution in [1.29, 1.82) is 0 Å². The molecule has 1 aromatic carbocycles. The molecule has 0 aliphatic carbocycles. The van der Waals surface area contributed by atoms with Crippen molar-refractivity contribution in [2.45, 2.75) is 13.0 Å². The average molecular weight is 216 g/mol. The normalized spacial score (nSPS) is 16.6. The zero-order valence-corrected chi connectivity index (χ0v) is 9.49. The number of rotatable bonds is 2. The molecule has 0 fully saturated rings. The second kappa shape index (κ2) is 3.92. The number of hydrogen-bond donors (Lipinski definition) is 1. The molecule has 0 atom stereocenters. The van der Waals surface area contributed by atoms with Gasteiger partial charge >= 0.3 is 0 Å². The van der Waals surface area contributed by atoms with Gasteiger partial charge in [-0.2, -0.15) is 0 Å². The maximum absolute atomic E-state index is 5.87. The molecule has 2 heterocycles. The van der Waals surface area contributed by atoms with E-state index in [2.05, 4.69) is 28.4 Å². The predicted octanol–water partition coefficient (Wildman–Crippen LogP) is 1.97. The van der Waals surface area contributed by atoms with Crippen molar-refractivity contribution in [3.8, 4) is 0 Å². The first-order valence-electron chi connectivity index (χ1n) is 5.74. The first kappa shape index (κ1) is 9.87. The largest absolute Gasteiger partial charge is 0.461 e. The summed E-state index contributed by atoms with van der Waals surface area (Å²) < 4.78 is 5.87. The zero-order chi connectivity index (χ0) is 11.0. The van der Waals surface area contributed by atoms with Crippen LogP contribution in [0.3, 0.4) is 0 Å². The van der Waals surface area contributed by atoms with Crippen molar-refractivity contribution in [3.05, 3.63) is 35.6 Å². The van der Waals surface area contributed by atoms with Crippen molar-refractivity contribution in [1.82, 2.24) is 10.2 Å². The van der Waals surface area contributed by atoms with E-state index in [1.807, 2.05) is 13.1 Å². The maximum Gasteiger partial charge on any atom is 0.134 e. The van der Waals surface area contributed by atoms with Gasteiger partial charge in [0.2, 0.25) is 0 Å². The van der Waals surface area contributed by atoms with E-state index >= 15 is 0 Å². The molecule has 1 N–H and O–H groups in total. The quantitative estimate of drug-likeness (QED) is 0.832. The molecule has 0 saturated carbocycles. The van der Waals surface area contributed by atoms with Crippen molar-refractivity contribution >= 4 is 11.0 Å². The third-order valence-electron chi connectivity index (χ3n) is 3.20. The summed E-state index contributed by atoms with van der Waals surface area (Å²) in [6, 6.07) is 8.31. The van der Waals surface area contributed by atoms with Gasteiger partial charge < -0.3 is 9.73 Å². The lowest BCUT2D eigenvalue weighted by atomic mass is 10.1. The van der Waals surface area contributed by atoms with E-state index in [1.165, 1.54) is 16.7 Å². The van der Waals surface area contributed by atoms with Crippen LogP contribution in [0.25, 0.3) is 11.0 Å². The number of furan rings is 1. The van der Waals surface area contributed by atoms with Gasteiger partial charge in [-0.3, -0.25) is 4.90 Å². The summed E-state index contributed by atoms with van der Waals surface area (Å²) in [5.41, 5.74) is 2.40. The van der Waals surface area contributed by atoms with Crippen molar-refractivity contribution in [2.24, 2.45) is 0 Å². The molecule has 0 bridgehead atoms. The van der Waals surface area contributed by atoms with E-state index in [1.54, 1.807) is 0 Å². The average Bonchev–Trinajstić information content (AvgIpc) is 2.68. The molecular weight excluding hydrogens is 200 g/mol. The van der Waals surface area contributed by atoms with Gasteiger partial charge in [-0.25, -0.2) is 0 Å². The number of para-hydroxylation sites is 1. The molecular formula is C13H16N2O. The Bertz CT molecular complexity index is 504. The molecule has 3 heteroatoms. The summed E-state index contributed by atoms with van der Waals surface area (Å²) >= 11 is 0. The lowest BCUT2D eigenvalue weighted by molar-refractivity contribution is 0.232. The fourth-order valence-electron chi connectivity index (χ4n) is 2.45. The monoisotopic (exact) mass is 216 g/mol. The van der Waals surface area contributed by atoms with E-state index < -0.39 is 0 Å². The van der Waals surface area contributed by atoms with Crippen LogP contribution in [-0.2, 0) is 13.0 Å². The van der Waals surface area contributed by atoms with Crippen molar-refractivity contribution < 1.29 is 4.42 Å². The Morgan fingerprint density at radius 2 is 2.25 bits per heavy atom. The molecule has 2 aromatic rings. The van der Waals surface area contributed by atoms with E-state index in [0.29, 0.717) is 0 Å². The summed E-state index contributed by atoms with van der Waals surface area (Å²) in [6.07, 6.45) is 1.02. The number of benzene rings is 1. The van der Waals surface area contributed by atoms with E-state index in [-0.39, 0.29) is 0 Å². The highest BCUT2D eigenvalue weighted by Crippen LogP contribution is 2.29. The summed E-state index contributed by atoms with van der Waals surface area (Å²) in [7, 11) is 1.99. The zero-order valence-electron chi connectivity index (χ0n) is 9.49. The van der Waals surface area contributed by atoms with Crippen LogP contribution in [0.4, 0.5) is 0 Å². The Labute approximate surface area is 95.0 Å². The van der Waals surface area contributed by atoms with E-state index in [4.69, 9.17) is 4.42 Å². The highest BCUT2D eigenvalue weighted by Gasteiger charge is 2.21. The van der Waals surface area contributed by atoms with Crippen LogP contribution in [0, 0.1) is 0 Å². The number of hydrogen-bond acceptors (Lipinski definition) is 3. The van der Waals surface area contributed by atoms with Gasteiger partial charge in [0.15, 0.2) is 0 Å². The Kier molecular flexibility index (Phi) is 2.42. The van der Waals surface area contributed by atoms with Crippen LogP contribution in [-0.4, -0.2) is 25.2 Å². The topological polar surface area (TPSA) is 28.4 Å². The smallest absolute Gasteiger partial charge is 0.134 e. The molecule has 1 aliphatic rings. The molecule has 0 amide bonds. The molecule has 0 saturated heterocycles. The van der Waals surface area contributed by atoms with Crippen LogP contribution in [0.2, 0.25) is 0 Å². The third kappa shape index (κ3) is 1.52. The molecule has 1 aliphatic heterocycles. The Morgan fingerprint density at radius 1 is 1.38 bits per heavy atom. The minimum Gasteiger partial charge on any atom is -0.461 e. The molecule has 84 valence electrons. The Hall–Kier alpha value is -1.32. The summed E-state index contributed by atoms with van der Waals surface area (Å²) in [5.74, 6) is 1.17. The third-order valence-corrected chi connectivity index (χ3v) is 3.20. The first-order valence-corrected chi connectivity index (χ1v) is 5.74. The predicted molar refractivity (Wildman–Crippen MR) is 64.3 cm³/mol. The van der Waals surface area contributed by atoms with Gasteiger partial charge in [-0.1, -0.05) is 18.2 Å². The lowest BCUT2D eigenvalue weighted by Crippen LogP contribution is -2.36. The lowest BCUT2D eigenvalue weighted by Gasteiger charge is -2.25. The Balaban J connectivity index is 2.01. The number of nitrogens with zero attached hydrogens (tertiary/aromatic N) is 1. The molecule has 0 radical (unpaired) electrons. The summed E-state index contributed by atoms with van der Waals surface area (Å²) in [5, 5.41) is 4.48.